The van der Waals surface area contributed by atoms with Crippen molar-refractivity contribution in [1.82, 2.24) is 9.97 Å². The Balaban J connectivity index is 1.73. The van der Waals surface area contributed by atoms with E-state index in [1.54, 1.807) is 36.4 Å². The molecule has 0 spiro atoms. The molecule has 3 rings (SSSR count). The van der Waals surface area contributed by atoms with E-state index >= 15 is 0 Å². The first-order valence-electron chi connectivity index (χ1n) is 7.03. The average molecular weight is 343 g/mol. The van der Waals surface area contributed by atoms with E-state index in [4.69, 9.17) is 11.6 Å². The fourth-order valence-corrected chi connectivity index (χ4v) is 2.06. The minimum Gasteiger partial charge on any atom is -0.324 e. The molecule has 0 fully saturated rings. The molecule has 0 aliphatic heterocycles. The molecule has 0 bridgehead atoms. The number of amides is 1. The number of anilines is 3. The van der Waals surface area contributed by atoms with Crippen LogP contribution in [0.3, 0.4) is 0 Å². The van der Waals surface area contributed by atoms with Crippen LogP contribution in [0.5, 0.6) is 0 Å². The summed E-state index contributed by atoms with van der Waals surface area (Å²) in [6, 6.07) is 14.0. The quantitative estimate of drug-likeness (QED) is 0.743. The summed E-state index contributed by atoms with van der Waals surface area (Å²) < 4.78 is 12.9. The molecule has 7 heteroatoms. The summed E-state index contributed by atoms with van der Waals surface area (Å²) in [6.45, 7) is 0. The number of rotatable bonds is 4. The molecule has 1 heterocycles. The molecule has 0 saturated carbocycles. The van der Waals surface area contributed by atoms with Gasteiger partial charge in [-0.25, -0.2) is 14.4 Å². The van der Waals surface area contributed by atoms with Crippen molar-refractivity contribution in [3.63, 3.8) is 0 Å². The van der Waals surface area contributed by atoms with Gasteiger partial charge in [-0.3, -0.25) is 4.79 Å². The smallest absolute Gasteiger partial charge is 0.274 e. The van der Waals surface area contributed by atoms with Gasteiger partial charge >= 0.3 is 0 Å². The van der Waals surface area contributed by atoms with E-state index in [0.717, 1.165) is 0 Å². The van der Waals surface area contributed by atoms with Gasteiger partial charge < -0.3 is 10.6 Å². The number of nitrogens with one attached hydrogen (secondary N) is 2. The largest absolute Gasteiger partial charge is 0.324 e. The van der Waals surface area contributed by atoms with Crippen molar-refractivity contribution in [2.24, 2.45) is 0 Å². The van der Waals surface area contributed by atoms with Crippen molar-refractivity contribution in [1.29, 1.82) is 0 Å². The second-order valence-corrected chi connectivity index (χ2v) is 5.29. The first-order valence-corrected chi connectivity index (χ1v) is 7.40. The number of hydrogen-bond donors (Lipinski definition) is 2. The highest BCUT2D eigenvalue weighted by molar-refractivity contribution is 6.30. The van der Waals surface area contributed by atoms with E-state index in [-0.39, 0.29) is 23.4 Å². The minimum absolute atomic E-state index is 0.199. The Morgan fingerprint density at radius 2 is 1.62 bits per heavy atom. The molecule has 1 amide bonds. The summed E-state index contributed by atoms with van der Waals surface area (Å²) in [5.74, 6) is -0.468. The molecule has 0 aliphatic rings. The third-order valence-electron chi connectivity index (χ3n) is 3.09. The number of carbonyl (C=O) groups is 1. The van der Waals surface area contributed by atoms with Gasteiger partial charge in [0.25, 0.3) is 5.91 Å². The van der Waals surface area contributed by atoms with E-state index in [2.05, 4.69) is 20.6 Å². The van der Waals surface area contributed by atoms with Crippen LogP contribution in [0.4, 0.5) is 21.7 Å². The summed E-state index contributed by atoms with van der Waals surface area (Å²) >= 11 is 5.81. The number of aromatic nitrogens is 2. The van der Waals surface area contributed by atoms with Crippen molar-refractivity contribution >= 4 is 34.8 Å². The molecule has 0 radical (unpaired) electrons. The van der Waals surface area contributed by atoms with Gasteiger partial charge in [-0.15, -0.1) is 0 Å². The van der Waals surface area contributed by atoms with Crippen molar-refractivity contribution in [3.05, 3.63) is 77.3 Å². The summed E-state index contributed by atoms with van der Waals surface area (Å²) in [6.07, 6.45) is 1.47. The topological polar surface area (TPSA) is 66.9 Å². The molecule has 5 nitrogen and oxygen atoms in total. The molecule has 1 aromatic heterocycles. The van der Waals surface area contributed by atoms with Crippen LogP contribution in [0.15, 0.2) is 60.8 Å². The first-order chi connectivity index (χ1) is 11.6. The third-order valence-corrected chi connectivity index (χ3v) is 3.34. The Hall–Kier alpha value is -2.99. The summed E-state index contributed by atoms with van der Waals surface area (Å²) in [4.78, 5) is 20.4. The van der Waals surface area contributed by atoms with Crippen LogP contribution in [-0.2, 0) is 0 Å². The van der Waals surface area contributed by atoms with Crippen molar-refractivity contribution in [2.45, 2.75) is 0 Å². The Kier molecular flexibility index (Phi) is 4.67. The van der Waals surface area contributed by atoms with Crippen LogP contribution in [0.1, 0.15) is 10.5 Å². The van der Waals surface area contributed by atoms with Gasteiger partial charge in [-0.05, 0) is 54.6 Å². The summed E-state index contributed by atoms with van der Waals surface area (Å²) in [5.41, 5.74) is 1.42. The van der Waals surface area contributed by atoms with Gasteiger partial charge in [0.2, 0.25) is 5.95 Å². The monoisotopic (exact) mass is 342 g/mol. The maximum Gasteiger partial charge on any atom is 0.274 e. The van der Waals surface area contributed by atoms with Crippen LogP contribution in [-0.4, -0.2) is 15.9 Å². The normalized spacial score (nSPS) is 10.2. The van der Waals surface area contributed by atoms with Gasteiger partial charge in [0.15, 0.2) is 0 Å². The maximum absolute atomic E-state index is 12.9. The molecule has 2 N–H and O–H groups in total. The van der Waals surface area contributed by atoms with E-state index in [1.807, 2.05) is 0 Å². The number of hydrogen-bond acceptors (Lipinski definition) is 4. The molecule has 0 saturated heterocycles. The molecule has 0 aliphatic carbocycles. The average Bonchev–Trinajstić information content (AvgIpc) is 2.59. The van der Waals surface area contributed by atoms with Crippen LogP contribution >= 0.6 is 11.6 Å². The number of carbonyl (C=O) groups excluding carboxylic acids is 1. The predicted octanol–water partition coefficient (Wildman–Crippen LogP) is 4.27. The highest BCUT2D eigenvalue weighted by Gasteiger charge is 2.09. The SMILES string of the molecule is O=C(Nc1ccc(Cl)cc1)c1ccnc(Nc2ccc(F)cc2)n1. The zero-order valence-electron chi connectivity index (χ0n) is 12.3. The Bertz CT molecular complexity index is 853. The summed E-state index contributed by atoms with van der Waals surface area (Å²) in [7, 11) is 0. The van der Waals surface area contributed by atoms with Gasteiger partial charge in [0.05, 0.1) is 0 Å². The van der Waals surface area contributed by atoms with Crippen LogP contribution in [0.25, 0.3) is 0 Å². The number of benzene rings is 2. The van der Waals surface area contributed by atoms with Crippen molar-refractivity contribution < 1.29 is 9.18 Å². The fourth-order valence-electron chi connectivity index (χ4n) is 1.94. The van der Waals surface area contributed by atoms with E-state index in [0.29, 0.717) is 16.4 Å². The maximum atomic E-state index is 12.9. The van der Waals surface area contributed by atoms with E-state index in [1.165, 1.54) is 24.4 Å². The van der Waals surface area contributed by atoms with Gasteiger partial charge in [0.1, 0.15) is 11.5 Å². The second kappa shape index (κ2) is 7.06. The Morgan fingerprint density at radius 1 is 0.958 bits per heavy atom. The number of halogens is 2. The number of nitrogens with zero attached hydrogens (tertiary/aromatic N) is 2. The molecule has 3 aromatic rings. The fraction of sp³-hybridized carbons (Fsp3) is 0. The lowest BCUT2D eigenvalue weighted by Gasteiger charge is -2.07. The highest BCUT2D eigenvalue weighted by Crippen LogP contribution is 2.16. The zero-order valence-corrected chi connectivity index (χ0v) is 13.1. The van der Waals surface area contributed by atoms with Crippen LogP contribution in [0.2, 0.25) is 5.02 Å². The van der Waals surface area contributed by atoms with Gasteiger partial charge in [0, 0.05) is 22.6 Å². The molecular weight excluding hydrogens is 331 g/mol. The lowest BCUT2D eigenvalue weighted by atomic mass is 10.3. The van der Waals surface area contributed by atoms with Crippen molar-refractivity contribution in [2.75, 3.05) is 10.6 Å². The molecule has 0 atom stereocenters. The standard InChI is InChI=1S/C17H12ClFN4O/c18-11-1-5-13(6-2-11)21-16(24)15-9-10-20-17(23-15)22-14-7-3-12(19)4-8-14/h1-10H,(H,21,24)(H,20,22,23). The highest BCUT2D eigenvalue weighted by atomic mass is 35.5. The minimum atomic E-state index is -0.373. The third kappa shape index (κ3) is 4.05. The molecule has 120 valence electrons. The molecule has 24 heavy (non-hydrogen) atoms. The second-order valence-electron chi connectivity index (χ2n) is 4.86. The Morgan fingerprint density at radius 3 is 2.33 bits per heavy atom. The van der Waals surface area contributed by atoms with Crippen molar-refractivity contribution in [3.8, 4) is 0 Å². The molecule has 0 unspecified atom stereocenters. The van der Waals surface area contributed by atoms with Gasteiger partial charge in [-0.1, -0.05) is 11.6 Å². The summed E-state index contributed by atoms with van der Waals surface area (Å²) in [5, 5.41) is 6.21. The molecular formula is C17H12ClFN4O. The lowest BCUT2D eigenvalue weighted by Crippen LogP contribution is -2.14. The molecule has 2 aromatic carbocycles. The van der Waals surface area contributed by atoms with Crippen LogP contribution < -0.4 is 10.6 Å². The van der Waals surface area contributed by atoms with Crippen LogP contribution in [0, 0.1) is 5.82 Å². The predicted molar refractivity (Wildman–Crippen MR) is 91.1 cm³/mol. The Labute approximate surface area is 142 Å². The zero-order chi connectivity index (χ0) is 16.9. The first kappa shape index (κ1) is 15.9. The van der Waals surface area contributed by atoms with E-state index < -0.39 is 0 Å². The lowest BCUT2D eigenvalue weighted by molar-refractivity contribution is 0.102. The van der Waals surface area contributed by atoms with Gasteiger partial charge in [-0.2, -0.15) is 0 Å². The van der Waals surface area contributed by atoms with E-state index in [9.17, 15) is 9.18 Å².